The fourth-order valence-corrected chi connectivity index (χ4v) is 3.69. The monoisotopic (exact) mass is 543 g/mol. The molecule has 0 aliphatic carbocycles. The van der Waals surface area contributed by atoms with Gasteiger partial charge in [0.1, 0.15) is 11.4 Å². The van der Waals surface area contributed by atoms with E-state index >= 15 is 0 Å². The minimum Gasteiger partial charge on any atom is -0.496 e. The maximum Gasteiger partial charge on any atom is 0.407 e. The molecule has 204 valence electrons. The van der Waals surface area contributed by atoms with Crippen LogP contribution in [0.3, 0.4) is 0 Å². The summed E-state index contributed by atoms with van der Waals surface area (Å²) in [5.41, 5.74) is 3.08. The van der Waals surface area contributed by atoms with Crippen molar-refractivity contribution < 1.29 is 26.9 Å². The maximum absolute atomic E-state index is 11.7. The SMILES string of the molecule is COc1ccc(Nc2nccc(-c3ccc(CCCNC(=O)OC(C)(C)C)nc3)n2)cc1COS(C)(=O)=O. The van der Waals surface area contributed by atoms with Crippen LogP contribution < -0.4 is 15.4 Å². The van der Waals surface area contributed by atoms with E-state index in [1.165, 1.54) is 7.11 Å². The Labute approximate surface area is 223 Å². The van der Waals surface area contributed by atoms with Gasteiger partial charge in [0.15, 0.2) is 0 Å². The lowest BCUT2D eigenvalue weighted by atomic mass is 10.1. The number of ether oxygens (including phenoxy) is 2. The van der Waals surface area contributed by atoms with Crippen LogP contribution in [0.2, 0.25) is 0 Å². The van der Waals surface area contributed by atoms with Crippen molar-refractivity contribution in [2.24, 2.45) is 0 Å². The lowest BCUT2D eigenvalue weighted by molar-refractivity contribution is 0.0527. The number of aryl methyl sites for hydroxylation is 1. The van der Waals surface area contributed by atoms with Gasteiger partial charge in [0.25, 0.3) is 10.1 Å². The number of aromatic nitrogens is 3. The van der Waals surface area contributed by atoms with Crippen molar-refractivity contribution in [1.82, 2.24) is 20.3 Å². The van der Waals surface area contributed by atoms with E-state index in [4.69, 9.17) is 13.7 Å². The summed E-state index contributed by atoms with van der Waals surface area (Å²) in [6.45, 7) is 5.80. The number of amides is 1. The number of rotatable bonds is 11. The molecule has 0 saturated carbocycles. The largest absolute Gasteiger partial charge is 0.496 e. The molecule has 1 aromatic carbocycles. The van der Waals surface area contributed by atoms with Crippen molar-refractivity contribution >= 4 is 27.8 Å². The molecule has 0 aliphatic heterocycles. The molecule has 1 amide bonds. The van der Waals surface area contributed by atoms with Crippen molar-refractivity contribution in [1.29, 1.82) is 0 Å². The topological polar surface area (TPSA) is 142 Å². The highest BCUT2D eigenvalue weighted by Gasteiger charge is 2.15. The Morgan fingerprint density at radius 1 is 1.08 bits per heavy atom. The van der Waals surface area contributed by atoms with Gasteiger partial charge in [-0.2, -0.15) is 8.42 Å². The Kier molecular flexibility index (Phi) is 9.59. The quantitative estimate of drug-likeness (QED) is 0.267. The summed E-state index contributed by atoms with van der Waals surface area (Å²) in [6, 6.07) is 10.8. The number of carbonyl (C=O) groups is 1. The molecule has 0 radical (unpaired) electrons. The summed E-state index contributed by atoms with van der Waals surface area (Å²) in [4.78, 5) is 25.1. The highest BCUT2D eigenvalue weighted by molar-refractivity contribution is 7.85. The van der Waals surface area contributed by atoms with Crippen molar-refractivity contribution in [3.8, 4) is 17.0 Å². The summed E-state index contributed by atoms with van der Waals surface area (Å²) in [7, 11) is -2.10. The fourth-order valence-electron chi connectivity index (χ4n) is 3.35. The number of pyridine rings is 1. The molecule has 11 nitrogen and oxygen atoms in total. The molecule has 12 heteroatoms. The molecule has 0 atom stereocenters. The summed E-state index contributed by atoms with van der Waals surface area (Å²) in [5.74, 6) is 0.862. The molecular weight excluding hydrogens is 510 g/mol. The van der Waals surface area contributed by atoms with Gasteiger partial charge >= 0.3 is 6.09 Å². The fraction of sp³-hybridized carbons (Fsp3) is 0.385. The van der Waals surface area contributed by atoms with E-state index in [-0.39, 0.29) is 6.61 Å². The van der Waals surface area contributed by atoms with Gasteiger partial charge in [0, 0.05) is 41.4 Å². The molecule has 0 unspecified atom stereocenters. The van der Waals surface area contributed by atoms with E-state index in [0.29, 0.717) is 41.6 Å². The molecule has 2 aromatic heterocycles. The van der Waals surface area contributed by atoms with Gasteiger partial charge in [0.05, 0.1) is 25.7 Å². The van der Waals surface area contributed by atoms with Gasteiger partial charge < -0.3 is 20.1 Å². The molecule has 0 spiro atoms. The number of nitrogens with zero attached hydrogens (tertiary/aromatic N) is 3. The van der Waals surface area contributed by atoms with Crippen molar-refractivity contribution in [3.05, 3.63) is 60.0 Å². The van der Waals surface area contributed by atoms with Crippen LogP contribution in [0.15, 0.2) is 48.8 Å². The number of alkyl carbamates (subject to hydrolysis) is 1. The molecule has 0 aliphatic rings. The summed E-state index contributed by atoms with van der Waals surface area (Å²) in [6.07, 6.45) is 5.38. The van der Waals surface area contributed by atoms with Gasteiger partial charge in [-0.3, -0.25) is 9.17 Å². The maximum atomic E-state index is 11.7. The molecule has 38 heavy (non-hydrogen) atoms. The lowest BCUT2D eigenvalue weighted by Crippen LogP contribution is -2.33. The number of nitrogens with one attached hydrogen (secondary N) is 2. The summed E-state index contributed by atoms with van der Waals surface area (Å²) in [5, 5.41) is 5.87. The van der Waals surface area contributed by atoms with Crippen LogP contribution >= 0.6 is 0 Å². The van der Waals surface area contributed by atoms with Crippen LogP contribution in [0.1, 0.15) is 38.4 Å². The van der Waals surface area contributed by atoms with Crippen LogP contribution in [0.4, 0.5) is 16.4 Å². The Morgan fingerprint density at radius 2 is 1.87 bits per heavy atom. The Bertz CT molecular complexity index is 1340. The zero-order chi connectivity index (χ0) is 27.8. The highest BCUT2D eigenvalue weighted by atomic mass is 32.2. The van der Waals surface area contributed by atoms with E-state index in [1.807, 2.05) is 32.9 Å². The van der Waals surface area contributed by atoms with E-state index in [1.54, 1.807) is 36.7 Å². The second-order valence-electron chi connectivity index (χ2n) is 9.45. The van der Waals surface area contributed by atoms with Gasteiger partial charge in [-0.05, 0) is 70.0 Å². The van der Waals surface area contributed by atoms with Crippen molar-refractivity contribution in [2.45, 2.75) is 45.8 Å². The van der Waals surface area contributed by atoms with Gasteiger partial charge in [0.2, 0.25) is 5.95 Å². The number of anilines is 2. The first-order valence-electron chi connectivity index (χ1n) is 12.0. The highest BCUT2D eigenvalue weighted by Crippen LogP contribution is 2.26. The molecule has 0 bridgehead atoms. The summed E-state index contributed by atoms with van der Waals surface area (Å²) < 4.78 is 38.2. The van der Waals surface area contributed by atoms with E-state index < -0.39 is 21.8 Å². The third kappa shape index (κ3) is 9.60. The third-order valence-electron chi connectivity index (χ3n) is 5.02. The molecule has 0 fully saturated rings. The first kappa shape index (κ1) is 28.8. The Hall–Kier alpha value is -3.77. The number of carbonyl (C=O) groups excluding carboxylic acids is 1. The molecule has 3 aromatic rings. The average Bonchev–Trinajstić information content (AvgIpc) is 2.84. The zero-order valence-corrected chi connectivity index (χ0v) is 23.0. The molecule has 0 saturated heterocycles. The van der Waals surface area contributed by atoms with Crippen LogP contribution in [0, 0.1) is 0 Å². The second-order valence-corrected chi connectivity index (χ2v) is 11.1. The summed E-state index contributed by atoms with van der Waals surface area (Å²) >= 11 is 0. The first-order chi connectivity index (χ1) is 17.9. The normalized spacial score (nSPS) is 11.6. The number of hydrogen-bond donors (Lipinski definition) is 2. The van der Waals surface area contributed by atoms with Crippen molar-refractivity contribution in [3.63, 3.8) is 0 Å². The van der Waals surface area contributed by atoms with E-state index in [9.17, 15) is 13.2 Å². The zero-order valence-electron chi connectivity index (χ0n) is 22.1. The minimum absolute atomic E-state index is 0.159. The number of benzene rings is 1. The first-order valence-corrected chi connectivity index (χ1v) is 13.8. The minimum atomic E-state index is -3.60. The average molecular weight is 544 g/mol. The molecular formula is C26H33N5O6S. The van der Waals surface area contributed by atoms with E-state index in [2.05, 4.69) is 25.6 Å². The molecule has 3 rings (SSSR count). The lowest BCUT2D eigenvalue weighted by Gasteiger charge is -2.19. The van der Waals surface area contributed by atoms with Gasteiger partial charge in [-0.15, -0.1) is 0 Å². The smallest absolute Gasteiger partial charge is 0.407 e. The van der Waals surface area contributed by atoms with E-state index in [0.717, 1.165) is 23.9 Å². The van der Waals surface area contributed by atoms with Gasteiger partial charge in [-0.25, -0.2) is 14.8 Å². The predicted molar refractivity (Wildman–Crippen MR) is 144 cm³/mol. The van der Waals surface area contributed by atoms with Crippen LogP contribution in [-0.4, -0.2) is 55.0 Å². The Balaban J connectivity index is 1.60. The third-order valence-corrected chi connectivity index (χ3v) is 5.57. The van der Waals surface area contributed by atoms with Crippen LogP contribution in [0.25, 0.3) is 11.3 Å². The number of hydrogen-bond acceptors (Lipinski definition) is 10. The Morgan fingerprint density at radius 3 is 2.53 bits per heavy atom. The van der Waals surface area contributed by atoms with Crippen LogP contribution in [-0.2, 0) is 32.1 Å². The van der Waals surface area contributed by atoms with Gasteiger partial charge in [-0.1, -0.05) is 0 Å². The van der Waals surface area contributed by atoms with Crippen molar-refractivity contribution in [2.75, 3.05) is 25.2 Å². The molecule has 2 N–H and O–H groups in total. The standard InChI is InChI=1S/C26H33N5O6S/c1-26(2,3)37-25(32)28-13-6-7-20-9-8-18(16-29-20)22-12-14-27-24(31-22)30-21-10-11-23(35-4)19(15-21)17-36-38(5,33)34/h8-12,14-16H,6-7,13,17H2,1-5H3,(H,28,32)(H,27,30,31). The van der Waals surface area contributed by atoms with Crippen LogP contribution in [0.5, 0.6) is 5.75 Å². The molecule has 2 heterocycles. The number of methoxy groups -OCH3 is 1. The predicted octanol–water partition coefficient (Wildman–Crippen LogP) is 4.22. The second kappa shape index (κ2) is 12.7.